The van der Waals surface area contributed by atoms with Gasteiger partial charge in [0.1, 0.15) is 16.2 Å². The Balaban J connectivity index is 1.35. The molecule has 4 rings (SSSR count). The summed E-state index contributed by atoms with van der Waals surface area (Å²) in [5.41, 5.74) is 1.39. The molecule has 1 aliphatic heterocycles. The zero-order valence-electron chi connectivity index (χ0n) is 14.8. The minimum absolute atomic E-state index is 0.0370. The van der Waals surface area contributed by atoms with Crippen molar-refractivity contribution in [1.82, 2.24) is 20.2 Å². The van der Waals surface area contributed by atoms with Gasteiger partial charge in [0.15, 0.2) is 0 Å². The van der Waals surface area contributed by atoms with Gasteiger partial charge in [-0.15, -0.1) is 11.3 Å². The van der Waals surface area contributed by atoms with Gasteiger partial charge in [-0.05, 0) is 37.7 Å². The molecule has 8 heteroatoms. The first kappa shape index (κ1) is 17.7. The largest absolute Gasteiger partial charge is 0.353 e. The van der Waals surface area contributed by atoms with Crippen LogP contribution in [0.1, 0.15) is 36.6 Å². The number of thioether (sulfide) groups is 1. The number of likely N-dealkylation sites (tertiary alicyclic amines) is 1. The van der Waals surface area contributed by atoms with E-state index >= 15 is 0 Å². The molecule has 3 heterocycles. The minimum atomic E-state index is 0.0370. The van der Waals surface area contributed by atoms with Gasteiger partial charge in [0.05, 0.1) is 5.75 Å². The summed E-state index contributed by atoms with van der Waals surface area (Å²) in [6, 6.07) is 0.162. The molecule has 0 radical (unpaired) electrons. The standard InChI is InChI=1S/C18H22N4O2S2/c1-11(23)22-7-5-12(6-8-22)21-15(24)9-25-17-16-13-3-2-4-14(13)26-18(16)20-10-19-17/h10,12H,2-9H2,1H3,(H,21,24). The highest BCUT2D eigenvalue weighted by Gasteiger charge is 2.23. The Morgan fingerprint density at radius 2 is 2.12 bits per heavy atom. The molecule has 0 unspecified atom stereocenters. The number of nitrogens with zero attached hydrogens (tertiary/aromatic N) is 3. The maximum Gasteiger partial charge on any atom is 0.230 e. The van der Waals surface area contributed by atoms with Crippen LogP contribution in [0.3, 0.4) is 0 Å². The number of carbonyl (C=O) groups excluding carboxylic acids is 2. The number of hydrogen-bond acceptors (Lipinski definition) is 6. The van der Waals surface area contributed by atoms with Gasteiger partial charge in [0, 0.05) is 36.3 Å². The lowest BCUT2D eigenvalue weighted by molar-refractivity contribution is -0.130. The molecule has 1 saturated heterocycles. The summed E-state index contributed by atoms with van der Waals surface area (Å²) in [7, 11) is 0. The van der Waals surface area contributed by atoms with Crippen LogP contribution in [0, 0.1) is 0 Å². The van der Waals surface area contributed by atoms with Crippen molar-refractivity contribution >= 4 is 45.1 Å². The van der Waals surface area contributed by atoms with Crippen molar-refractivity contribution in [3.63, 3.8) is 0 Å². The van der Waals surface area contributed by atoms with Crippen molar-refractivity contribution in [2.45, 2.75) is 50.1 Å². The van der Waals surface area contributed by atoms with Gasteiger partial charge in [0.2, 0.25) is 11.8 Å². The van der Waals surface area contributed by atoms with Crippen molar-refractivity contribution < 1.29 is 9.59 Å². The van der Waals surface area contributed by atoms with E-state index in [9.17, 15) is 9.59 Å². The molecule has 0 bridgehead atoms. The van der Waals surface area contributed by atoms with Gasteiger partial charge < -0.3 is 10.2 Å². The Hall–Kier alpha value is -1.67. The van der Waals surface area contributed by atoms with Crippen LogP contribution in [0.25, 0.3) is 10.2 Å². The summed E-state index contributed by atoms with van der Waals surface area (Å²) in [6.45, 7) is 3.04. The number of aromatic nitrogens is 2. The number of carbonyl (C=O) groups is 2. The van der Waals surface area contributed by atoms with Gasteiger partial charge >= 0.3 is 0 Å². The normalized spacial score (nSPS) is 17.5. The average molecular weight is 391 g/mol. The van der Waals surface area contributed by atoms with E-state index in [1.165, 1.54) is 28.6 Å². The lowest BCUT2D eigenvalue weighted by atomic mass is 10.1. The van der Waals surface area contributed by atoms with Crippen LogP contribution in [-0.4, -0.2) is 51.6 Å². The fraction of sp³-hybridized carbons (Fsp3) is 0.556. The lowest BCUT2D eigenvalue weighted by Gasteiger charge is -2.31. The predicted molar refractivity (Wildman–Crippen MR) is 104 cm³/mol. The molecule has 2 amide bonds. The molecule has 0 atom stereocenters. The predicted octanol–water partition coefficient (Wildman–Crippen LogP) is 2.40. The Morgan fingerprint density at radius 1 is 1.31 bits per heavy atom. The fourth-order valence-electron chi connectivity index (χ4n) is 3.75. The van der Waals surface area contributed by atoms with Crippen LogP contribution >= 0.6 is 23.1 Å². The highest BCUT2D eigenvalue weighted by atomic mass is 32.2. The Labute approximate surface area is 160 Å². The molecule has 6 nitrogen and oxygen atoms in total. The number of amides is 2. The van der Waals surface area contributed by atoms with Gasteiger partial charge in [-0.1, -0.05) is 11.8 Å². The third kappa shape index (κ3) is 3.57. The lowest BCUT2D eigenvalue weighted by Crippen LogP contribution is -2.46. The number of hydrogen-bond donors (Lipinski definition) is 1. The number of piperidine rings is 1. The molecule has 0 aromatic carbocycles. The second-order valence-corrected chi connectivity index (χ2v) is 8.90. The van der Waals surface area contributed by atoms with E-state index in [-0.39, 0.29) is 17.9 Å². The molecule has 1 aliphatic carbocycles. The second-order valence-electron chi connectivity index (χ2n) is 6.85. The van der Waals surface area contributed by atoms with E-state index in [0.29, 0.717) is 5.75 Å². The van der Waals surface area contributed by atoms with E-state index < -0.39 is 0 Å². The monoisotopic (exact) mass is 390 g/mol. The van der Waals surface area contributed by atoms with Crippen LogP contribution < -0.4 is 5.32 Å². The van der Waals surface area contributed by atoms with Crippen molar-refractivity contribution in [2.24, 2.45) is 0 Å². The summed E-state index contributed by atoms with van der Waals surface area (Å²) < 4.78 is 0. The number of nitrogens with one attached hydrogen (secondary N) is 1. The van der Waals surface area contributed by atoms with Crippen LogP contribution in [0.15, 0.2) is 11.4 Å². The van der Waals surface area contributed by atoms with Crippen LogP contribution in [0.5, 0.6) is 0 Å². The molecule has 0 saturated carbocycles. The number of thiophene rings is 1. The van der Waals surface area contributed by atoms with E-state index in [4.69, 9.17) is 0 Å². The molecule has 138 valence electrons. The van der Waals surface area contributed by atoms with Gasteiger partial charge in [0.25, 0.3) is 0 Å². The van der Waals surface area contributed by atoms with Gasteiger partial charge in [-0.3, -0.25) is 9.59 Å². The Kier molecular flexibility index (Phi) is 5.13. The molecule has 26 heavy (non-hydrogen) atoms. The molecule has 2 aromatic heterocycles. The van der Waals surface area contributed by atoms with E-state index in [0.717, 1.165) is 54.0 Å². The molecule has 2 aromatic rings. The van der Waals surface area contributed by atoms with Gasteiger partial charge in [-0.2, -0.15) is 0 Å². The molecule has 1 N–H and O–H groups in total. The summed E-state index contributed by atoms with van der Waals surface area (Å²) in [4.78, 5) is 36.9. The van der Waals surface area contributed by atoms with Crippen molar-refractivity contribution in [3.8, 4) is 0 Å². The molecular formula is C18H22N4O2S2. The zero-order chi connectivity index (χ0) is 18.1. The van der Waals surface area contributed by atoms with Crippen molar-refractivity contribution in [3.05, 3.63) is 16.8 Å². The third-order valence-corrected chi connectivity index (χ3v) is 7.30. The molecular weight excluding hydrogens is 368 g/mol. The summed E-state index contributed by atoms with van der Waals surface area (Å²) in [5, 5.41) is 5.20. The number of rotatable bonds is 4. The molecule has 2 aliphatic rings. The van der Waals surface area contributed by atoms with Crippen molar-refractivity contribution in [1.29, 1.82) is 0 Å². The second kappa shape index (κ2) is 7.52. The van der Waals surface area contributed by atoms with Crippen molar-refractivity contribution in [2.75, 3.05) is 18.8 Å². The van der Waals surface area contributed by atoms with Crippen LogP contribution in [0.4, 0.5) is 0 Å². The number of aryl methyl sites for hydroxylation is 2. The fourth-order valence-corrected chi connectivity index (χ4v) is 5.88. The highest BCUT2D eigenvalue weighted by Crippen LogP contribution is 2.39. The summed E-state index contributed by atoms with van der Waals surface area (Å²) >= 11 is 3.27. The molecule has 0 spiro atoms. The average Bonchev–Trinajstić information content (AvgIpc) is 3.21. The van der Waals surface area contributed by atoms with E-state index in [1.807, 2.05) is 4.90 Å². The Morgan fingerprint density at radius 3 is 2.88 bits per heavy atom. The first-order valence-electron chi connectivity index (χ1n) is 9.04. The summed E-state index contributed by atoms with van der Waals surface area (Å²) in [6.07, 6.45) is 6.69. The SMILES string of the molecule is CC(=O)N1CCC(NC(=O)CSc2ncnc3sc4c(c23)CCC4)CC1. The number of fused-ring (bicyclic) bond motifs is 3. The minimum Gasteiger partial charge on any atom is -0.353 e. The molecule has 1 fully saturated rings. The topological polar surface area (TPSA) is 75.2 Å². The zero-order valence-corrected chi connectivity index (χ0v) is 16.4. The van der Waals surface area contributed by atoms with Crippen LogP contribution in [-0.2, 0) is 22.4 Å². The summed E-state index contributed by atoms with van der Waals surface area (Å²) in [5.74, 6) is 0.514. The Bertz CT molecular complexity index is 843. The first-order valence-corrected chi connectivity index (χ1v) is 10.8. The highest BCUT2D eigenvalue weighted by molar-refractivity contribution is 8.00. The van der Waals surface area contributed by atoms with Gasteiger partial charge in [-0.25, -0.2) is 9.97 Å². The first-order chi connectivity index (χ1) is 12.6. The third-order valence-electron chi connectivity index (χ3n) is 5.11. The van der Waals surface area contributed by atoms with E-state index in [1.54, 1.807) is 24.6 Å². The quantitative estimate of drug-likeness (QED) is 0.641. The maximum atomic E-state index is 12.4. The van der Waals surface area contributed by atoms with E-state index in [2.05, 4.69) is 15.3 Å². The maximum absolute atomic E-state index is 12.4. The van der Waals surface area contributed by atoms with Crippen LogP contribution in [0.2, 0.25) is 0 Å². The smallest absolute Gasteiger partial charge is 0.230 e.